The molecule has 0 spiro atoms. The van der Waals surface area contributed by atoms with Crippen LogP contribution in [0, 0.1) is 0 Å². The summed E-state index contributed by atoms with van der Waals surface area (Å²) in [5.41, 5.74) is 5.42. The molecular weight excluding hydrogens is 164 g/mol. The van der Waals surface area contributed by atoms with Gasteiger partial charge in [-0.1, -0.05) is 0 Å². The number of likely N-dealkylation sites (tertiary alicyclic amines) is 1. The summed E-state index contributed by atoms with van der Waals surface area (Å²) in [6.07, 6.45) is -1.03. The lowest BCUT2D eigenvalue weighted by Gasteiger charge is -2.16. The maximum atomic E-state index is 10.5. The Morgan fingerprint density at radius 3 is 2.33 bits per heavy atom. The van der Waals surface area contributed by atoms with Crippen LogP contribution in [-0.4, -0.2) is 45.8 Å². The van der Waals surface area contributed by atoms with Crippen LogP contribution in [0.3, 0.4) is 0 Å². The molecule has 0 radical (unpaired) electrons. The minimum atomic E-state index is -1.23. The standard InChI is InChI=1S/C6H10N2O4/c7-3-1-4(5(9)10)8(2-3)6(11)12/h3-4H,1-2,7H2,(H,9,10)(H,11,12)/t3-,4-/m0/s1. The van der Waals surface area contributed by atoms with Crippen molar-refractivity contribution in [3.8, 4) is 0 Å². The Hall–Kier alpha value is -1.30. The molecule has 1 amide bonds. The van der Waals surface area contributed by atoms with Crippen LogP contribution < -0.4 is 5.73 Å². The van der Waals surface area contributed by atoms with Gasteiger partial charge in [0.1, 0.15) is 6.04 Å². The number of carbonyl (C=O) groups is 2. The van der Waals surface area contributed by atoms with Crippen molar-refractivity contribution in [3.05, 3.63) is 0 Å². The van der Waals surface area contributed by atoms with Gasteiger partial charge in [0.05, 0.1) is 0 Å². The zero-order valence-corrected chi connectivity index (χ0v) is 6.30. The number of hydrogen-bond donors (Lipinski definition) is 3. The molecule has 12 heavy (non-hydrogen) atoms. The van der Waals surface area contributed by atoms with Crippen molar-refractivity contribution in [1.29, 1.82) is 0 Å². The van der Waals surface area contributed by atoms with Gasteiger partial charge in [0.2, 0.25) is 0 Å². The van der Waals surface area contributed by atoms with Crippen LogP contribution in [0.1, 0.15) is 6.42 Å². The highest BCUT2D eigenvalue weighted by Gasteiger charge is 2.38. The highest BCUT2D eigenvalue weighted by atomic mass is 16.4. The normalized spacial score (nSPS) is 28.9. The van der Waals surface area contributed by atoms with Crippen LogP contribution in [-0.2, 0) is 4.79 Å². The molecule has 0 aromatic heterocycles. The van der Waals surface area contributed by atoms with E-state index >= 15 is 0 Å². The highest BCUT2D eigenvalue weighted by Crippen LogP contribution is 2.16. The fourth-order valence-corrected chi connectivity index (χ4v) is 1.31. The van der Waals surface area contributed by atoms with Crippen LogP contribution in [0.4, 0.5) is 4.79 Å². The third kappa shape index (κ3) is 1.48. The van der Waals surface area contributed by atoms with E-state index in [0.717, 1.165) is 4.90 Å². The first-order valence-corrected chi connectivity index (χ1v) is 3.50. The summed E-state index contributed by atoms with van der Waals surface area (Å²) in [5.74, 6) is -1.13. The van der Waals surface area contributed by atoms with Crippen LogP contribution >= 0.6 is 0 Å². The Morgan fingerprint density at radius 2 is 2.00 bits per heavy atom. The molecule has 0 aromatic rings. The summed E-state index contributed by atoms with van der Waals surface area (Å²) >= 11 is 0. The molecule has 1 rings (SSSR count). The predicted octanol–water partition coefficient (Wildman–Crippen LogP) is -0.849. The molecule has 1 aliphatic rings. The summed E-state index contributed by atoms with van der Waals surface area (Å²) in [4.78, 5) is 21.8. The first-order chi connectivity index (χ1) is 5.52. The summed E-state index contributed by atoms with van der Waals surface area (Å²) < 4.78 is 0. The van der Waals surface area contributed by atoms with Gasteiger partial charge in [-0.05, 0) is 6.42 Å². The van der Waals surface area contributed by atoms with E-state index < -0.39 is 18.1 Å². The quantitative estimate of drug-likeness (QED) is 0.480. The van der Waals surface area contributed by atoms with Gasteiger partial charge in [0.15, 0.2) is 0 Å². The second-order valence-corrected chi connectivity index (χ2v) is 2.78. The molecule has 0 unspecified atom stereocenters. The molecule has 2 atom stereocenters. The Labute approximate surface area is 68.6 Å². The summed E-state index contributed by atoms with van der Waals surface area (Å²) in [6, 6.07) is -1.33. The molecule has 4 N–H and O–H groups in total. The molecule has 6 heteroatoms. The van der Waals surface area contributed by atoms with Crippen molar-refractivity contribution in [2.45, 2.75) is 18.5 Å². The molecule has 0 aliphatic carbocycles. The van der Waals surface area contributed by atoms with E-state index in [4.69, 9.17) is 15.9 Å². The molecule has 0 saturated carbocycles. The number of carboxylic acids is 1. The Bertz CT molecular complexity index is 196. The molecule has 1 aliphatic heterocycles. The number of carboxylic acid groups (broad SMARTS) is 2. The van der Waals surface area contributed by atoms with Crippen molar-refractivity contribution in [3.63, 3.8) is 0 Å². The lowest BCUT2D eigenvalue weighted by Crippen LogP contribution is -2.39. The highest BCUT2D eigenvalue weighted by molar-refractivity contribution is 5.80. The Kier molecular flexibility index (Phi) is 2.18. The lowest BCUT2D eigenvalue weighted by atomic mass is 10.2. The fourth-order valence-electron chi connectivity index (χ4n) is 1.31. The van der Waals surface area contributed by atoms with Gasteiger partial charge in [-0.25, -0.2) is 9.59 Å². The van der Waals surface area contributed by atoms with Gasteiger partial charge in [-0.15, -0.1) is 0 Å². The Balaban J connectivity index is 2.72. The summed E-state index contributed by atoms with van der Waals surface area (Å²) in [5, 5.41) is 17.1. The van der Waals surface area contributed by atoms with Gasteiger partial charge in [-0.3, -0.25) is 4.90 Å². The van der Waals surface area contributed by atoms with Gasteiger partial charge < -0.3 is 15.9 Å². The van der Waals surface area contributed by atoms with E-state index in [1.165, 1.54) is 0 Å². The predicted molar refractivity (Wildman–Crippen MR) is 38.7 cm³/mol. The molecule has 1 heterocycles. The lowest BCUT2D eigenvalue weighted by molar-refractivity contribution is -0.141. The van der Waals surface area contributed by atoms with Crippen molar-refractivity contribution in [2.24, 2.45) is 5.73 Å². The number of hydrogen-bond acceptors (Lipinski definition) is 3. The minimum absolute atomic E-state index is 0.103. The van der Waals surface area contributed by atoms with Crippen LogP contribution in [0.2, 0.25) is 0 Å². The molecule has 1 saturated heterocycles. The van der Waals surface area contributed by atoms with Crippen LogP contribution in [0.15, 0.2) is 0 Å². The number of amides is 1. The average Bonchev–Trinajstić information content (AvgIpc) is 2.31. The summed E-state index contributed by atoms with van der Waals surface area (Å²) in [6.45, 7) is 0.103. The summed E-state index contributed by atoms with van der Waals surface area (Å²) in [7, 11) is 0. The van der Waals surface area contributed by atoms with Gasteiger partial charge in [0.25, 0.3) is 0 Å². The average molecular weight is 174 g/mol. The van der Waals surface area contributed by atoms with Gasteiger partial charge in [0, 0.05) is 12.6 Å². The molecular formula is C6H10N2O4. The second kappa shape index (κ2) is 2.98. The monoisotopic (exact) mass is 174 g/mol. The van der Waals surface area contributed by atoms with E-state index in [2.05, 4.69) is 0 Å². The third-order valence-corrected chi connectivity index (χ3v) is 1.86. The number of rotatable bonds is 1. The van der Waals surface area contributed by atoms with Crippen LogP contribution in [0.5, 0.6) is 0 Å². The molecule has 1 fully saturated rings. The van der Waals surface area contributed by atoms with Crippen molar-refractivity contribution in [2.75, 3.05) is 6.54 Å². The van der Waals surface area contributed by atoms with E-state index in [0.29, 0.717) is 0 Å². The van der Waals surface area contributed by atoms with E-state index in [-0.39, 0.29) is 19.0 Å². The van der Waals surface area contributed by atoms with Crippen molar-refractivity contribution < 1.29 is 19.8 Å². The third-order valence-electron chi connectivity index (χ3n) is 1.86. The zero-order valence-electron chi connectivity index (χ0n) is 6.30. The van der Waals surface area contributed by atoms with E-state index in [1.54, 1.807) is 0 Å². The van der Waals surface area contributed by atoms with Crippen LogP contribution in [0.25, 0.3) is 0 Å². The molecule has 0 aromatic carbocycles. The second-order valence-electron chi connectivity index (χ2n) is 2.78. The molecule has 6 nitrogen and oxygen atoms in total. The van der Waals surface area contributed by atoms with Crippen molar-refractivity contribution >= 4 is 12.1 Å². The topological polar surface area (TPSA) is 104 Å². The molecule has 68 valence electrons. The Morgan fingerprint density at radius 1 is 1.42 bits per heavy atom. The smallest absolute Gasteiger partial charge is 0.408 e. The molecule has 0 bridgehead atoms. The zero-order chi connectivity index (χ0) is 9.30. The van der Waals surface area contributed by atoms with Crippen molar-refractivity contribution in [1.82, 2.24) is 4.90 Å². The largest absolute Gasteiger partial charge is 0.480 e. The SMILES string of the molecule is N[C@H]1C[C@@H](C(=O)O)N(C(=O)O)C1. The number of aliphatic carboxylic acids is 1. The van der Waals surface area contributed by atoms with Gasteiger partial charge in [-0.2, -0.15) is 0 Å². The first kappa shape index (κ1) is 8.79. The van der Waals surface area contributed by atoms with Gasteiger partial charge >= 0.3 is 12.1 Å². The maximum Gasteiger partial charge on any atom is 0.408 e. The fraction of sp³-hybridized carbons (Fsp3) is 0.667. The number of nitrogens with zero attached hydrogens (tertiary/aromatic N) is 1. The first-order valence-electron chi connectivity index (χ1n) is 3.50. The number of nitrogens with two attached hydrogens (primary N) is 1. The minimum Gasteiger partial charge on any atom is -0.480 e. The maximum absolute atomic E-state index is 10.5. The van der Waals surface area contributed by atoms with E-state index in [9.17, 15) is 9.59 Å². The van der Waals surface area contributed by atoms with E-state index in [1.807, 2.05) is 0 Å².